The van der Waals surface area contributed by atoms with E-state index in [2.05, 4.69) is 181 Å². The lowest BCUT2D eigenvalue weighted by Gasteiger charge is -2.28. The minimum absolute atomic E-state index is 0.212. The highest BCUT2D eigenvalue weighted by molar-refractivity contribution is 6.39. The third kappa shape index (κ3) is 4.77. The van der Waals surface area contributed by atoms with Gasteiger partial charge in [0.1, 0.15) is 22.5 Å². The largest absolute Gasteiger partial charge is 0.471 e. The van der Waals surface area contributed by atoms with Crippen molar-refractivity contribution in [3.05, 3.63) is 188 Å². The van der Waals surface area contributed by atoms with Crippen molar-refractivity contribution in [2.75, 3.05) is 9.80 Å². The van der Waals surface area contributed by atoms with Crippen LogP contribution in [0, 0.1) is 0 Å². The second-order valence-electron chi connectivity index (χ2n) is 15.3. The number of hydrogen-bond acceptors (Lipinski definition) is 5. The number of fused-ring (bicyclic) bond motifs is 14. The number of furan rings is 3. The molecule has 276 valence electrons. The van der Waals surface area contributed by atoms with Gasteiger partial charge in [-0.25, -0.2) is 0 Å². The molecular weight excluding hydrogens is 713 g/mol. The molecule has 0 bridgehead atoms. The van der Waals surface area contributed by atoms with Gasteiger partial charge < -0.3 is 23.1 Å². The van der Waals surface area contributed by atoms with Crippen molar-refractivity contribution < 1.29 is 13.3 Å². The number of nitrogens with zero attached hydrogens (tertiary/aromatic N) is 2. The van der Waals surface area contributed by atoms with E-state index < -0.39 is 0 Å². The Morgan fingerprint density at radius 1 is 0.466 bits per heavy atom. The van der Waals surface area contributed by atoms with Crippen molar-refractivity contribution in [2.45, 2.75) is 19.3 Å². The molecule has 0 N–H and O–H groups in total. The van der Waals surface area contributed by atoms with Crippen LogP contribution in [0.3, 0.4) is 0 Å². The Morgan fingerprint density at radius 2 is 0.931 bits per heavy atom. The summed E-state index contributed by atoms with van der Waals surface area (Å²) in [5.74, 6) is 1.22. The van der Waals surface area contributed by atoms with Gasteiger partial charge in [0, 0.05) is 61.2 Å². The number of benzene rings is 8. The number of rotatable bonds is 6. The first-order valence-electron chi connectivity index (χ1n) is 19.9. The van der Waals surface area contributed by atoms with Crippen molar-refractivity contribution in [1.82, 2.24) is 0 Å². The highest BCUT2D eigenvalue weighted by atomic mass is 16.3. The van der Waals surface area contributed by atoms with E-state index >= 15 is 0 Å². The van der Waals surface area contributed by atoms with Crippen molar-refractivity contribution in [1.29, 1.82) is 0 Å². The average molecular weight is 749 g/mol. The van der Waals surface area contributed by atoms with Crippen LogP contribution < -0.4 is 9.80 Å². The highest BCUT2D eigenvalue weighted by Gasteiger charge is 2.31. The summed E-state index contributed by atoms with van der Waals surface area (Å²) in [4.78, 5) is 4.70. The monoisotopic (exact) mass is 748 g/mol. The lowest BCUT2D eigenvalue weighted by molar-refractivity contribution is 0.506. The van der Waals surface area contributed by atoms with Crippen LogP contribution in [0.5, 0.6) is 0 Å². The quantitative estimate of drug-likeness (QED) is 0.158. The molecule has 1 aliphatic carbocycles. The maximum atomic E-state index is 7.29. The van der Waals surface area contributed by atoms with Crippen molar-refractivity contribution in [3.63, 3.8) is 0 Å². The Hall–Kier alpha value is -7.50. The van der Waals surface area contributed by atoms with E-state index in [1.165, 1.54) is 0 Å². The standard InChI is InChI=1S/C53H36N2O3/c1-33-17-16-27-39-48-45(55(36-22-10-4-11-23-36)37-24-12-5-13-25-37)30-41-43-32-56-31-42(43)40-29-44(54(34-18-6-2-7-19-34)35-20-8-3-9-21-35)47-38-26-14-15-28-46(38)57-52(47)49(40)50(41)53(48)58-51(33)39/h2-16,18-33H,17H2,1H3. The predicted octanol–water partition coefficient (Wildman–Crippen LogP) is 15.8. The topological polar surface area (TPSA) is 45.9 Å². The average Bonchev–Trinajstić information content (AvgIpc) is 4.03. The van der Waals surface area contributed by atoms with Crippen LogP contribution in [-0.2, 0) is 0 Å². The highest BCUT2D eigenvalue weighted by Crippen LogP contribution is 2.54. The molecule has 58 heavy (non-hydrogen) atoms. The van der Waals surface area contributed by atoms with Gasteiger partial charge in [-0.05, 0) is 83.9 Å². The fraction of sp³-hybridized carbons (Fsp3) is 0.0566. The maximum Gasteiger partial charge on any atom is 0.146 e. The number of hydrogen-bond donors (Lipinski definition) is 0. The van der Waals surface area contributed by atoms with Gasteiger partial charge in [-0.3, -0.25) is 0 Å². The van der Waals surface area contributed by atoms with Crippen molar-refractivity contribution in [3.8, 4) is 0 Å². The molecular formula is C53H36N2O3. The fourth-order valence-electron chi connectivity index (χ4n) is 9.35. The van der Waals surface area contributed by atoms with Crippen molar-refractivity contribution in [2.24, 2.45) is 0 Å². The zero-order valence-electron chi connectivity index (χ0n) is 31.7. The number of allylic oxidation sites excluding steroid dienone is 1. The van der Waals surface area contributed by atoms with Crippen LogP contribution in [0.2, 0.25) is 0 Å². The van der Waals surface area contributed by atoms with Gasteiger partial charge in [0.25, 0.3) is 0 Å². The summed E-state index contributed by atoms with van der Waals surface area (Å²) in [5, 5.41) is 9.27. The molecule has 0 saturated carbocycles. The smallest absolute Gasteiger partial charge is 0.146 e. The molecule has 3 aromatic heterocycles. The van der Waals surface area contributed by atoms with Gasteiger partial charge in [0.2, 0.25) is 0 Å². The minimum atomic E-state index is 0.212. The third-order valence-electron chi connectivity index (χ3n) is 11.9. The molecule has 0 radical (unpaired) electrons. The zero-order valence-corrected chi connectivity index (χ0v) is 31.7. The second kappa shape index (κ2) is 12.8. The van der Waals surface area contributed by atoms with Gasteiger partial charge in [0.05, 0.1) is 34.7 Å². The van der Waals surface area contributed by atoms with Crippen LogP contribution in [0.15, 0.2) is 190 Å². The van der Waals surface area contributed by atoms with E-state index in [1.807, 2.05) is 18.6 Å². The summed E-state index contributed by atoms with van der Waals surface area (Å²) in [7, 11) is 0. The van der Waals surface area contributed by atoms with E-state index in [4.69, 9.17) is 13.3 Å². The summed E-state index contributed by atoms with van der Waals surface area (Å²) in [5.41, 5.74) is 9.91. The maximum absolute atomic E-state index is 7.29. The first-order valence-corrected chi connectivity index (χ1v) is 19.9. The lowest BCUT2D eigenvalue weighted by atomic mass is 9.89. The molecule has 3 heterocycles. The number of para-hydroxylation sites is 5. The Balaban J connectivity index is 1.30. The van der Waals surface area contributed by atoms with Crippen LogP contribution in [-0.4, -0.2) is 0 Å². The van der Waals surface area contributed by atoms with E-state index in [0.29, 0.717) is 0 Å². The van der Waals surface area contributed by atoms with Crippen molar-refractivity contribution >= 4 is 105 Å². The van der Waals surface area contributed by atoms with E-state index in [9.17, 15) is 0 Å². The summed E-state index contributed by atoms with van der Waals surface area (Å²) in [6.07, 6.45) is 9.24. The van der Waals surface area contributed by atoms with E-state index in [1.54, 1.807) is 0 Å². The third-order valence-corrected chi connectivity index (χ3v) is 11.9. The van der Waals surface area contributed by atoms with Gasteiger partial charge in [-0.1, -0.05) is 110 Å². The first-order chi connectivity index (χ1) is 28.7. The molecule has 8 aromatic carbocycles. The molecule has 0 spiro atoms. The van der Waals surface area contributed by atoms with Gasteiger partial charge in [-0.2, -0.15) is 0 Å². The van der Waals surface area contributed by atoms with Gasteiger partial charge in [0.15, 0.2) is 0 Å². The normalized spacial score (nSPS) is 14.0. The molecule has 5 nitrogen and oxygen atoms in total. The lowest BCUT2D eigenvalue weighted by Crippen LogP contribution is -2.11. The Morgan fingerprint density at radius 3 is 1.47 bits per heavy atom. The molecule has 0 amide bonds. The second-order valence-corrected chi connectivity index (χ2v) is 15.3. The fourth-order valence-corrected chi connectivity index (χ4v) is 9.35. The van der Waals surface area contributed by atoms with E-state index in [-0.39, 0.29) is 5.92 Å². The summed E-state index contributed by atoms with van der Waals surface area (Å²) in [6.45, 7) is 2.26. The Bertz CT molecular complexity index is 3300. The molecule has 12 rings (SSSR count). The zero-order chi connectivity index (χ0) is 38.3. The van der Waals surface area contributed by atoms with Gasteiger partial charge in [-0.15, -0.1) is 0 Å². The summed E-state index contributed by atoms with van der Waals surface area (Å²) < 4.78 is 20.6. The molecule has 5 heteroatoms. The Kier molecular flexibility index (Phi) is 7.20. The molecule has 11 aromatic rings. The van der Waals surface area contributed by atoms with Crippen LogP contribution in [0.4, 0.5) is 34.1 Å². The first kappa shape index (κ1) is 32.7. The SMILES string of the molecule is CC1CC=Cc2c1oc1c2c(N(c2ccccc2)c2ccccc2)cc2c3cocc3c3cc(N(c4ccccc4)c4ccccc4)c4c5ccccc5oc4c3c21. The van der Waals surface area contributed by atoms with Crippen LogP contribution in [0.25, 0.3) is 71.3 Å². The van der Waals surface area contributed by atoms with Crippen LogP contribution in [0.1, 0.15) is 30.6 Å². The molecule has 1 atom stereocenters. The minimum Gasteiger partial charge on any atom is -0.471 e. The molecule has 0 aliphatic heterocycles. The Labute approximate surface area is 334 Å². The van der Waals surface area contributed by atoms with Gasteiger partial charge >= 0.3 is 0 Å². The van der Waals surface area contributed by atoms with E-state index in [0.717, 1.165) is 117 Å². The summed E-state index contributed by atoms with van der Waals surface area (Å²) >= 11 is 0. The molecule has 0 fully saturated rings. The van der Waals surface area contributed by atoms with Crippen LogP contribution >= 0.6 is 0 Å². The summed E-state index contributed by atoms with van der Waals surface area (Å²) in [6, 6.07) is 55.4. The molecule has 1 aliphatic rings. The number of anilines is 6. The predicted molar refractivity (Wildman–Crippen MR) is 240 cm³/mol. The molecule has 1 unspecified atom stereocenters. The molecule has 0 saturated heterocycles.